The van der Waals surface area contributed by atoms with Gasteiger partial charge in [0.25, 0.3) is 0 Å². The highest BCUT2D eigenvalue weighted by atomic mass is 35.5. The number of halogens is 1. The van der Waals surface area contributed by atoms with Crippen LogP contribution >= 0.6 is 23.4 Å². The molecule has 0 atom stereocenters. The second kappa shape index (κ2) is 10.4. The second-order valence-electron chi connectivity index (χ2n) is 6.82. The van der Waals surface area contributed by atoms with E-state index in [0.29, 0.717) is 16.6 Å². The number of aromatic nitrogens is 3. The van der Waals surface area contributed by atoms with E-state index in [1.807, 2.05) is 59.2 Å². The van der Waals surface area contributed by atoms with Gasteiger partial charge in [0.05, 0.1) is 14.2 Å². The third kappa shape index (κ3) is 5.36. The fourth-order valence-electron chi connectivity index (χ4n) is 3.07. The van der Waals surface area contributed by atoms with Crippen molar-refractivity contribution in [3.05, 3.63) is 89.2 Å². The van der Waals surface area contributed by atoms with Gasteiger partial charge in [-0.25, -0.2) is 0 Å². The van der Waals surface area contributed by atoms with Crippen LogP contribution in [0.4, 0.5) is 0 Å². The first-order valence-corrected chi connectivity index (χ1v) is 11.3. The van der Waals surface area contributed by atoms with Crippen molar-refractivity contribution < 1.29 is 14.2 Å². The van der Waals surface area contributed by atoms with Gasteiger partial charge >= 0.3 is 0 Å². The van der Waals surface area contributed by atoms with Crippen LogP contribution in [0.1, 0.15) is 11.4 Å². The smallest absolute Gasteiger partial charge is 0.196 e. The molecule has 4 rings (SSSR count). The van der Waals surface area contributed by atoms with Gasteiger partial charge in [0, 0.05) is 16.5 Å². The molecule has 4 aromatic rings. The monoisotopic (exact) mass is 467 g/mol. The number of thioether (sulfide) groups is 1. The van der Waals surface area contributed by atoms with Gasteiger partial charge in [-0.15, -0.1) is 10.2 Å². The Balaban J connectivity index is 1.59. The first-order chi connectivity index (χ1) is 15.7. The predicted molar refractivity (Wildman–Crippen MR) is 126 cm³/mol. The molecule has 1 aromatic heterocycles. The molecule has 0 saturated carbocycles. The van der Waals surface area contributed by atoms with E-state index in [4.69, 9.17) is 25.8 Å². The molecule has 0 N–H and O–H groups in total. The summed E-state index contributed by atoms with van der Waals surface area (Å²) in [6.45, 7) is 0.264. The molecule has 1 heterocycles. The zero-order valence-corrected chi connectivity index (χ0v) is 19.3. The number of nitrogens with zero attached hydrogens (tertiary/aromatic N) is 3. The SMILES string of the molecule is COc1ccc(-n2c(COc3ccc(Cl)cc3)nnc2SCc2cccc(OC)c2)cc1. The van der Waals surface area contributed by atoms with Crippen molar-refractivity contribution in [2.75, 3.05) is 14.2 Å². The van der Waals surface area contributed by atoms with Crippen molar-refractivity contribution in [2.45, 2.75) is 17.5 Å². The Morgan fingerprint density at radius 1 is 0.844 bits per heavy atom. The molecule has 0 aliphatic rings. The zero-order valence-electron chi connectivity index (χ0n) is 17.7. The van der Waals surface area contributed by atoms with E-state index in [0.717, 1.165) is 33.7 Å². The van der Waals surface area contributed by atoms with Gasteiger partial charge in [0.2, 0.25) is 0 Å². The van der Waals surface area contributed by atoms with Crippen molar-refractivity contribution in [3.63, 3.8) is 0 Å². The topological polar surface area (TPSA) is 58.4 Å². The molecular formula is C24H22ClN3O3S. The Labute approximate surface area is 196 Å². The molecule has 0 spiro atoms. The fourth-order valence-corrected chi connectivity index (χ4v) is 4.11. The summed E-state index contributed by atoms with van der Waals surface area (Å²) in [6, 6.07) is 23.0. The summed E-state index contributed by atoms with van der Waals surface area (Å²) in [5.41, 5.74) is 2.07. The van der Waals surface area contributed by atoms with E-state index in [9.17, 15) is 0 Å². The summed E-state index contributed by atoms with van der Waals surface area (Å²) in [5, 5.41) is 10.3. The predicted octanol–water partition coefficient (Wildman–Crippen LogP) is 5.81. The van der Waals surface area contributed by atoms with Crippen LogP contribution in [0, 0.1) is 0 Å². The molecule has 32 heavy (non-hydrogen) atoms. The molecule has 0 bridgehead atoms. The normalized spacial score (nSPS) is 10.7. The highest BCUT2D eigenvalue weighted by Gasteiger charge is 2.16. The lowest BCUT2D eigenvalue weighted by atomic mass is 10.2. The average Bonchev–Trinajstić information content (AvgIpc) is 3.25. The Kier molecular flexibility index (Phi) is 7.19. The Morgan fingerprint density at radius 2 is 1.56 bits per heavy atom. The van der Waals surface area contributed by atoms with Gasteiger partial charge in [-0.1, -0.05) is 35.5 Å². The van der Waals surface area contributed by atoms with Gasteiger partial charge < -0.3 is 14.2 Å². The van der Waals surface area contributed by atoms with Crippen LogP contribution in [0.5, 0.6) is 17.2 Å². The summed E-state index contributed by atoms with van der Waals surface area (Å²) in [5.74, 6) is 3.74. The molecule has 0 radical (unpaired) electrons. The number of ether oxygens (including phenoxy) is 3. The van der Waals surface area contributed by atoms with Gasteiger partial charge in [-0.05, 0) is 66.2 Å². The van der Waals surface area contributed by atoms with E-state index < -0.39 is 0 Å². The van der Waals surface area contributed by atoms with E-state index >= 15 is 0 Å². The van der Waals surface area contributed by atoms with Gasteiger partial charge in [-0.2, -0.15) is 0 Å². The van der Waals surface area contributed by atoms with Crippen LogP contribution in [-0.2, 0) is 12.4 Å². The average molecular weight is 468 g/mol. The lowest BCUT2D eigenvalue weighted by molar-refractivity contribution is 0.293. The molecule has 0 aliphatic heterocycles. The van der Waals surface area contributed by atoms with Crippen LogP contribution in [0.3, 0.4) is 0 Å². The Hall–Kier alpha value is -3.16. The summed E-state index contributed by atoms with van der Waals surface area (Å²) >= 11 is 7.56. The molecule has 164 valence electrons. The first kappa shape index (κ1) is 22.0. The van der Waals surface area contributed by atoms with Gasteiger partial charge in [-0.3, -0.25) is 4.57 Å². The molecule has 0 amide bonds. The van der Waals surface area contributed by atoms with Crippen molar-refractivity contribution in [3.8, 4) is 22.9 Å². The maximum Gasteiger partial charge on any atom is 0.196 e. The van der Waals surface area contributed by atoms with Crippen molar-refractivity contribution in [1.29, 1.82) is 0 Å². The molecule has 0 fully saturated rings. The Bertz CT molecular complexity index is 1160. The Morgan fingerprint density at radius 3 is 2.28 bits per heavy atom. The maximum absolute atomic E-state index is 5.96. The van der Waals surface area contributed by atoms with Crippen molar-refractivity contribution in [2.24, 2.45) is 0 Å². The minimum absolute atomic E-state index is 0.264. The highest BCUT2D eigenvalue weighted by Crippen LogP contribution is 2.28. The first-order valence-electron chi connectivity index (χ1n) is 9.89. The molecule has 3 aromatic carbocycles. The molecule has 0 unspecified atom stereocenters. The number of hydrogen-bond donors (Lipinski definition) is 0. The number of benzene rings is 3. The number of rotatable bonds is 9. The second-order valence-corrected chi connectivity index (χ2v) is 8.19. The van der Waals surface area contributed by atoms with Crippen molar-refractivity contribution >= 4 is 23.4 Å². The fraction of sp³-hybridized carbons (Fsp3) is 0.167. The summed E-state index contributed by atoms with van der Waals surface area (Å²) < 4.78 is 18.6. The minimum atomic E-state index is 0.264. The quantitative estimate of drug-likeness (QED) is 0.289. The highest BCUT2D eigenvalue weighted by molar-refractivity contribution is 7.98. The van der Waals surface area contributed by atoms with Crippen molar-refractivity contribution in [1.82, 2.24) is 14.8 Å². The van der Waals surface area contributed by atoms with Gasteiger partial charge in [0.1, 0.15) is 23.9 Å². The van der Waals surface area contributed by atoms with Crippen LogP contribution in [-0.4, -0.2) is 29.0 Å². The van der Waals surface area contributed by atoms with Crippen LogP contribution in [0.25, 0.3) is 5.69 Å². The van der Waals surface area contributed by atoms with E-state index in [2.05, 4.69) is 16.3 Å². The van der Waals surface area contributed by atoms with Crippen LogP contribution in [0.2, 0.25) is 5.02 Å². The third-order valence-corrected chi connectivity index (χ3v) is 5.97. The van der Waals surface area contributed by atoms with E-state index in [-0.39, 0.29) is 6.61 Å². The van der Waals surface area contributed by atoms with Gasteiger partial charge in [0.15, 0.2) is 11.0 Å². The molecular weight excluding hydrogens is 446 g/mol. The largest absolute Gasteiger partial charge is 0.497 e. The number of hydrogen-bond acceptors (Lipinski definition) is 6. The summed E-state index contributed by atoms with van der Waals surface area (Å²) in [4.78, 5) is 0. The molecule has 0 saturated heterocycles. The maximum atomic E-state index is 5.96. The lowest BCUT2D eigenvalue weighted by Crippen LogP contribution is -2.06. The number of methoxy groups -OCH3 is 2. The standard InChI is InChI=1S/C24H22ClN3O3S/c1-29-20-12-8-19(9-13-20)28-23(15-31-21-10-6-18(25)7-11-21)26-27-24(28)32-16-17-4-3-5-22(14-17)30-2/h3-14H,15-16H2,1-2H3. The molecule has 6 nitrogen and oxygen atoms in total. The molecule has 0 aliphatic carbocycles. The minimum Gasteiger partial charge on any atom is -0.497 e. The lowest BCUT2D eigenvalue weighted by Gasteiger charge is -2.12. The summed E-state index contributed by atoms with van der Waals surface area (Å²) in [6.07, 6.45) is 0. The van der Waals surface area contributed by atoms with E-state index in [1.165, 1.54) is 0 Å². The van der Waals surface area contributed by atoms with Crippen LogP contribution < -0.4 is 14.2 Å². The molecule has 8 heteroatoms. The third-order valence-electron chi connectivity index (χ3n) is 4.71. The van der Waals surface area contributed by atoms with E-state index in [1.54, 1.807) is 38.1 Å². The van der Waals surface area contributed by atoms with Crippen LogP contribution in [0.15, 0.2) is 78.0 Å². The summed E-state index contributed by atoms with van der Waals surface area (Å²) in [7, 11) is 3.31. The zero-order chi connectivity index (χ0) is 22.3.